The molecule has 0 aliphatic carbocycles. The molecule has 0 aromatic heterocycles. The highest BCUT2D eigenvalue weighted by Crippen LogP contribution is 2.18. The average Bonchev–Trinajstić information content (AvgIpc) is 3.13. The van der Waals surface area contributed by atoms with Crippen LogP contribution in [0.3, 0.4) is 0 Å². The second kappa shape index (κ2) is 10.0. The van der Waals surface area contributed by atoms with E-state index in [4.69, 9.17) is 9.47 Å². The maximum absolute atomic E-state index is 12.1. The van der Waals surface area contributed by atoms with Gasteiger partial charge in [0.2, 0.25) is 5.91 Å². The standard InChI is InChI=1S/C20H32N4O3/c1-14(2)19(25)24-11-10-16(13-24)23-20(21-4)22-12-15(3)27-18-8-6-17(26-5)7-9-18/h6-9,14-16H,10-13H2,1-5H3,(H2,21,22,23). The highest BCUT2D eigenvalue weighted by molar-refractivity contribution is 5.81. The predicted molar refractivity (Wildman–Crippen MR) is 107 cm³/mol. The third kappa shape index (κ3) is 6.34. The molecule has 1 amide bonds. The summed E-state index contributed by atoms with van der Waals surface area (Å²) < 4.78 is 11.0. The Kier molecular flexibility index (Phi) is 7.76. The van der Waals surface area contributed by atoms with Gasteiger partial charge in [0, 0.05) is 32.1 Å². The van der Waals surface area contributed by atoms with Crippen LogP contribution in [0.1, 0.15) is 27.2 Å². The van der Waals surface area contributed by atoms with Crippen molar-refractivity contribution in [3.8, 4) is 11.5 Å². The van der Waals surface area contributed by atoms with Crippen LogP contribution in [0.25, 0.3) is 0 Å². The van der Waals surface area contributed by atoms with Gasteiger partial charge in [-0.3, -0.25) is 9.79 Å². The third-order valence-corrected chi connectivity index (χ3v) is 4.51. The molecule has 2 unspecified atom stereocenters. The number of benzene rings is 1. The molecule has 7 nitrogen and oxygen atoms in total. The zero-order chi connectivity index (χ0) is 19.8. The Balaban J connectivity index is 1.75. The molecular weight excluding hydrogens is 344 g/mol. The zero-order valence-electron chi connectivity index (χ0n) is 17.0. The third-order valence-electron chi connectivity index (χ3n) is 4.51. The molecule has 0 radical (unpaired) electrons. The van der Waals surface area contributed by atoms with Gasteiger partial charge in [0.1, 0.15) is 17.6 Å². The first-order chi connectivity index (χ1) is 12.9. The minimum absolute atomic E-state index is 0.0282. The van der Waals surface area contributed by atoms with Gasteiger partial charge in [0.05, 0.1) is 13.7 Å². The van der Waals surface area contributed by atoms with Crippen molar-refractivity contribution in [3.63, 3.8) is 0 Å². The summed E-state index contributed by atoms with van der Waals surface area (Å²) in [6, 6.07) is 7.75. The smallest absolute Gasteiger partial charge is 0.225 e. The number of guanidine groups is 1. The predicted octanol–water partition coefficient (Wildman–Crippen LogP) is 1.88. The fraction of sp³-hybridized carbons (Fsp3) is 0.600. The largest absolute Gasteiger partial charge is 0.497 e. The van der Waals surface area contributed by atoms with E-state index in [0.717, 1.165) is 37.0 Å². The van der Waals surface area contributed by atoms with Crippen LogP contribution in [-0.4, -0.2) is 62.7 Å². The number of likely N-dealkylation sites (tertiary alicyclic amines) is 1. The van der Waals surface area contributed by atoms with Gasteiger partial charge in [-0.05, 0) is 37.6 Å². The van der Waals surface area contributed by atoms with Crippen molar-refractivity contribution < 1.29 is 14.3 Å². The first kappa shape index (κ1) is 20.9. The summed E-state index contributed by atoms with van der Waals surface area (Å²) in [7, 11) is 3.39. The van der Waals surface area contributed by atoms with Gasteiger partial charge >= 0.3 is 0 Å². The van der Waals surface area contributed by atoms with Crippen LogP contribution in [-0.2, 0) is 4.79 Å². The van der Waals surface area contributed by atoms with Gasteiger partial charge in [-0.1, -0.05) is 13.8 Å². The minimum atomic E-state index is -0.0282. The first-order valence-electron chi connectivity index (χ1n) is 9.49. The van der Waals surface area contributed by atoms with Gasteiger partial charge in [-0.25, -0.2) is 0 Å². The number of amides is 1. The van der Waals surface area contributed by atoms with Gasteiger partial charge < -0.3 is 25.0 Å². The zero-order valence-corrected chi connectivity index (χ0v) is 17.0. The SMILES string of the molecule is CN=C(NCC(C)Oc1ccc(OC)cc1)NC1CCN(C(=O)C(C)C)C1. The molecule has 1 heterocycles. The minimum Gasteiger partial charge on any atom is -0.497 e. The molecule has 150 valence electrons. The van der Waals surface area contributed by atoms with Crippen LogP contribution in [0.5, 0.6) is 11.5 Å². The Morgan fingerprint density at radius 2 is 1.93 bits per heavy atom. The van der Waals surface area contributed by atoms with Gasteiger partial charge in [0.15, 0.2) is 5.96 Å². The van der Waals surface area contributed by atoms with E-state index < -0.39 is 0 Å². The molecule has 2 atom stereocenters. The van der Waals surface area contributed by atoms with E-state index in [2.05, 4.69) is 15.6 Å². The van der Waals surface area contributed by atoms with Gasteiger partial charge in [-0.2, -0.15) is 0 Å². The number of aliphatic imine (C=N–C) groups is 1. The second-order valence-corrected chi connectivity index (χ2v) is 7.13. The van der Waals surface area contributed by atoms with Crippen molar-refractivity contribution in [2.24, 2.45) is 10.9 Å². The summed E-state index contributed by atoms with van der Waals surface area (Å²) in [6.45, 7) is 8.01. The summed E-state index contributed by atoms with van der Waals surface area (Å²) >= 11 is 0. The van der Waals surface area contributed by atoms with Crippen molar-refractivity contribution in [3.05, 3.63) is 24.3 Å². The van der Waals surface area contributed by atoms with Crippen molar-refractivity contribution in [1.82, 2.24) is 15.5 Å². The molecule has 7 heteroatoms. The molecule has 1 aromatic rings. The molecule has 2 rings (SSSR count). The number of hydrogen-bond acceptors (Lipinski definition) is 4. The lowest BCUT2D eigenvalue weighted by Crippen LogP contribution is -2.47. The molecular formula is C20H32N4O3. The lowest BCUT2D eigenvalue weighted by molar-refractivity contribution is -0.133. The Morgan fingerprint density at radius 1 is 1.26 bits per heavy atom. The van der Waals surface area contributed by atoms with E-state index in [1.807, 2.05) is 49.9 Å². The van der Waals surface area contributed by atoms with Gasteiger partial charge in [-0.15, -0.1) is 0 Å². The summed E-state index contributed by atoms with van der Waals surface area (Å²) in [4.78, 5) is 18.3. The van der Waals surface area contributed by atoms with Crippen molar-refractivity contribution in [1.29, 1.82) is 0 Å². The van der Waals surface area contributed by atoms with E-state index in [1.54, 1.807) is 14.2 Å². The lowest BCUT2D eigenvalue weighted by atomic mass is 10.2. The summed E-state index contributed by atoms with van der Waals surface area (Å²) in [5.74, 6) is 2.58. The Hall–Kier alpha value is -2.44. The monoisotopic (exact) mass is 376 g/mol. The summed E-state index contributed by atoms with van der Waals surface area (Å²) in [6.07, 6.45) is 0.899. The number of ether oxygens (including phenoxy) is 2. The molecule has 1 aliphatic heterocycles. The molecule has 2 N–H and O–H groups in total. The highest BCUT2D eigenvalue weighted by atomic mass is 16.5. The average molecular weight is 377 g/mol. The van der Waals surface area contributed by atoms with Crippen molar-refractivity contribution in [2.75, 3.05) is 33.8 Å². The quantitative estimate of drug-likeness (QED) is 0.561. The van der Waals surface area contributed by atoms with Crippen LogP contribution in [0.2, 0.25) is 0 Å². The maximum atomic E-state index is 12.1. The Morgan fingerprint density at radius 3 is 2.52 bits per heavy atom. The van der Waals surface area contributed by atoms with Crippen LogP contribution in [0.15, 0.2) is 29.3 Å². The topological polar surface area (TPSA) is 75.2 Å². The number of nitrogens with zero attached hydrogens (tertiary/aromatic N) is 2. The summed E-state index contributed by atoms with van der Waals surface area (Å²) in [5, 5.41) is 6.69. The normalized spacial score (nSPS) is 18.4. The molecule has 0 bridgehead atoms. The van der Waals surface area contributed by atoms with E-state index in [-0.39, 0.29) is 24.0 Å². The van der Waals surface area contributed by atoms with Crippen molar-refractivity contribution in [2.45, 2.75) is 39.3 Å². The number of methoxy groups -OCH3 is 1. The Labute approximate surface area is 162 Å². The van der Waals surface area contributed by atoms with Crippen LogP contribution in [0.4, 0.5) is 0 Å². The molecule has 1 saturated heterocycles. The number of carbonyl (C=O) groups excluding carboxylic acids is 1. The summed E-state index contributed by atoms with van der Waals surface area (Å²) in [5.41, 5.74) is 0. The maximum Gasteiger partial charge on any atom is 0.225 e. The molecule has 1 aliphatic rings. The van der Waals surface area contributed by atoms with Gasteiger partial charge in [0.25, 0.3) is 0 Å². The molecule has 0 saturated carbocycles. The van der Waals surface area contributed by atoms with Crippen molar-refractivity contribution >= 4 is 11.9 Å². The fourth-order valence-electron chi connectivity index (χ4n) is 3.00. The van der Waals surface area contributed by atoms with E-state index >= 15 is 0 Å². The number of rotatable bonds is 7. The van der Waals surface area contributed by atoms with E-state index in [9.17, 15) is 4.79 Å². The molecule has 1 fully saturated rings. The number of hydrogen-bond donors (Lipinski definition) is 2. The van der Waals surface area contributed by atoms with Crippen LogP contribution >= 0.6 is 0 Å². The number of nitrogens with one attached hydrogen (secondary N) is 2. The Bertz CT molecular complexity index is 631. The van der Waals surface area contributed by atoms with Crippen LogP contribution in [0, 0.1) is 5.92 Å². The molecule has 27 heavy (non-hydrogen) atoms. The first-order valence-corrected chi connectivity index (χ1v) is 9.49. The van der Waals surface area contributed by atoms with Crippen LogP contribution < -0.4 is 20.1 Å². The number of carbonyl (C=O) groups is 1. The molecule has 1 aromatic carbocycles. The highest BCUT2D eigenvalue weighted by Gasteiger charge is 2.28. The fourth-order valence-corrected chi connectivity index (χ4v) is 3.00. The second-order valence-electron chi connectivity index (χ2n) is 7.13. The molecule has 0 spiro atoms. The van der Waals surface area contributed by atoms with E-state index in [0.29, 0.717) is 6.54 Å². The lowest BCUT2D eigenvalue weighted by Gasteiger charge is -2.21. The van der Waals surface area contributed by atoms with E-state index in [1.165, 1.54) is 0 Å².